The van der Waals surface area contributed by atoms with E-state index in [0.29, 0.717) is 6.54 Å². The van der Waals surface area contributed by atoms with Gasteiger partial charge in [-0.25, -0.2) is 0 Å². The Morgan fingerprint density at radius 2 is 1.75 bits per heavy atom. The van der Waals surface area contributed by atoms with Crippen LogP contribution in [0, 0.1) is 19.8 Å². The van der Waals surface area contributed by atoms with Crippen molar-refractivity contribution in [3.63, 3.8) is 0 Å². The third kappa shape index (κ3) is 6.94. The molecule has 0 unspecified atom stereocenters. The molecule has 134 valence electrons. The van der Waals surface area contributed by atoms with Gasteiger partial charge in [0, 0.05) is 24.9 Å². The molecule has 0 fully saturated rings. The van der Waals surface area contributed by atoms with Crippen molar-refractivity contribution in [2.75, 3.05) is 0 Å². The molecule has 5 heteroatoms. The average Bonchev–Trinajstić information content (AvgIpc) is 2.46. The Bertz CT molecular complexity index is 605. The van der Waals surface area contributed by atoms with E-state index in [4.69, 9.17) is 5.73 Å². The maximum Gasteiger partial charge on any atom is 0.244 e. The highest BCUT2D eigenvalue weighted by Gasteiger charge is 2.13. The van der Waals surface area contributed by atoms with Crippen molar-refractivity contribution in [1.29, 1.82) is 0 Å². The van der Waals surface area contributed by atoms with Gasteiger partial charge in [0.05, 0.1) is 0 Å². The van der Waals surface area contributed by atoms with E-state index in [0.717, 1.165) is 22.3 Å². The summed E-state index contributed by atoms with van der Waals surface area (Å²) in [7, 11) is 0. The molecule has 0 heterocycles. The van der Waals surface area contributed by atoms with Gasteiger partial charge in [0.25, 0.3) is 0 Å². The number of nitrogens with one attached hydrogen (secondary N) is 1. The molecule has 0 saturated heterocycles. The fraction of sp³-hybridized carbons (Fsp3) is 0.526. The lowest BCUT2D eigenvalue weighted by atomic mass is 9.96. The minimum Gasteiger partial charge on any atom is -0.383 e. The van der Waals surface area contributed by atoms with Crippen molar-refractivity contribution in [1.82, 2.24) is 5.32 Å². The molecular weight excluding hydrogens is 302 g/mol. The molecule has 0 aliphatic heterocycles. The molecule has 0 spiro atoms. The minimum absolute atomic E-state index is 0.00176. The summed E-state index contributed by atoms with van der Waals surface area (Å²) in [4.78, 5) is 26.6. The molecule has 3 N–H and O–H groups in total. The van der Waals surface area contributed by atoms with Crippen molar-refractivity contribution < 1.29 is 9.59 Å². The average molecular weight is 333 g/mol. The number of carbonyl (C=O) groups is 2. The number of aliphatic imine (C=N–C) groups is 1. The molecule has 24 heavy (non-hydrogen) atoms. The number of rotatable bonds is 4. The van der Waals surface area contributed by atoms with Crippen LogP contribution in [0.2, 0.25) is 0 Å². The smallest absolute Gasteiger partial charge is 0.244 e. The van der Waals surface area contributed by atoms with Crippen molar-refractivity contribution >= 4 is 17.6 Å². The van der Waals surface area contributed by atoms with Gasteiger partial charge in [-0.3, -0.25) is 9.59 Å². The Morgan fingerprint density at radius 3 is 2.21 bits per heavy atom. The lowest BCUT2D eigenvalue weighted by molar-refractivity contribution is -0.124. The predicted molar refractivity (Wildman–Crippen MR) is 100.0 cm³/mol. The van der Waals surface area contributed by atoms with Crippen molar-refractivity contribution in [2.45, 2.75) is 61.4 Å². The van der Waals surface area contributed by atoms with E-state index in [-0.39, 0.29) is 23.6 Å². The van der Waals surface area contributed by atoms with Gasteiger partial charge in [0.2, 0.25) is 11.8 Å². The lowest BCUT2D eigenvalue weighted by Crippen LogP contribution is -2.28. The Labute approximate surface area is 145 Å². The summed E-state index contributed by atoms with van der Waals surface area (Å²) in [6.07, 6.45) is 1.25. The number of hydrogen-bond acceptors (Lipinski definition) is 2. The van der Waals surface area contributed by atoms with Crippen LogP contribution >= 0.6 is 0 Å². The number of aryl methyl sites for hydroxylation is 1. The molecule has 0 aliphatic rings. The minimum atomic E-state index is -0.329. The molecule has 0 radical (unpaired) electrons. The summed E-state index contributed by atoms with van der Waals surface area (Å²) in [5.74, 6) is -0.166. The van der Waals surface area contributed by atoms with Crippen LogP contribution in [-0.4, -0.2) is 17.6 Å². The fourth-order valence-electron chi connectivity index (χ4n) is 2.09. The van der Waals surface area contributed by atoms with E-state index in [1.807, 2.05) is 39.8 Å². The van der Waals surface area contributed by atoms with Crippen LogP contribution in [-0.2, 0) is 16.1 Å². The van der Waals surface area contributed by atoms with Crippen LogP contribution in [0.4, 0.5) is 0 Å². The van der Waals surface area contributed by atoms with Gasteiger partial charge < -0.3 is 11.1 Å². The number of benzene rings is 1. The van der Waals surface area contributed by atoms with E-state index in [2.05, 4.69) is 24.2 Å². The van der Waals surface area contributed by atoms with Crippen LogP contribution in [0.1, 0.15) is 63.3 Å². The summed E-state index contributed by atoms with van der Waals surface area (Å²) in [5, 5.41) is 2.88. The number of amides is 2. The SMILES string of the molecule is CC(=O)N=C(N)c1c(C)ccc(CNC(=O)C(C)C)c1C.CCC. The molecule has 0 aromatic heterocycles. The van der Waals surface area contributed by atoms with E-state index in [1.165, 1.54) is 13.3 Å². The highest BCUT2D eigenvalue weighted by atomic mass is 16.2. The number of carbonyl (C=O) groups excluding carboxylic acids is 2. The predicted octanol–water partition coefficient (Wildman–Crippen LogP) is 3.24. The summed E-state index contributed by atoms with van der Waals surface area (Å²) < 4.78 is 0. The molecule has 0 saturated carbocycles. The highest BCUT2D eigenvalue weighted by Crippen LogP contribution is 2.18. The lowest BCUT2D eigenvalue weighted by Gasteiger charge is -2.15. The van der Waals surface area contributed by atoms with Crippen LogP contribution in [0.5, 0.6) is 0 Å². The second-order valence-corrected chi connectivity index (χ2v) is 6.14. The molecular formula is C19H31N3O2. The number of nitrogens with two attached hydrogens (primary N) is 1. The van der Waals surface area contributed by atoms with Gasteiger partial charge in [-0.2, -0.15) is 4.99 Å². The zero-order valence-electron chi connectivity index (χ0n) is 16.0. The molecule has 0 bridgehead atoms. The van der Waals surface area contributed by atoms with E-state index in [1.54, 1.807) is 0 Å². The zero-order chi connectivity index (χ0) is 18.9. The second kappa shape index (κ2) is 10.6. The maximum atomic E-state index is 11.7. The monoisotopic (exact) mass is 333 g/mol. The summed E-state index contributed by atoms with van der Waals surface area (Å²) in [6, 6.07) is 3.87. The second-order valence-electron chi connectivity index (χ2n) is 6.14. The molecule has 1 aromatic carbocycles. The van der Waals surface area contributed by atoms with Gasteiger partial charge >= 0.3 is 0 Å². The van der Waals surface area contributed by atoms with Gasteiger partial charge in [0.15, 0.2) is 0 Å². The summed E-state index contributed by atoms with van der Waals surface area (Å²) in [6.45, 7) is 13.6. The summed E-state index contributed by atoms with van der Waals surface area (Å²) >= 11 is 0. The van der Waals surface area contributed by atoms with Crippen molar-refractivity contribution in [3.05, 3.63) is 34.4 Å². The molecule has 5 nitrogen and oxygen atoms in total. The van der Waals surface area contributed by atoms with E-state index < -0.39 is 0 Å². The van der Waals surface area contributed by atoms with Gasteiger partial charge in [-0.05, 0) is 30.5 Å². The molecule has 1 rings (SSSR count). The number of nitrogens with zero attached hydrogens (tertiary/aromatic N) is 1. The Hall–Kier alpha value is -2.17. The molecule has 0 atom stereocenters. The van der Waals surface area contributed by atoms with Gasteiger partial charge in [0.1, 0.15) is 5.84 Å². The molecule has 1 aromatic rings. The quantitative estimate of drug-likeness (QED) is 0.655. The fourth-order valence-corrected chi connectivity index (χ4v) is 2.09. The summed E-state index contributed by atoms with van der Waals surface area (Å²) in [5.41, 5.74) is 9.53. The Kier molecular flexibility index (Phi) is 9.62. The standard InChI is InChI=1S/C16H23N3O2.C3H8/c1-9(2)16(21)18-8-13-7-6-10(3)14(11(13)4)15(17)19-12(5)20;1-3-2/h6-7,9H,8H2,1-5H3,(H,18,21)(H2,17,19,20);3H2,1-2H3. The highest BCUT2D eigenvalue weighted by molar-refractivity contribution is 6.05. The van der Waals surface area contributed by atoms with E-state index in [9.17, 15) is 9.59 Å². The van der Waals surface area contributed by atoms with Crippen molar-refractivity contribution in [2.24, 2.45) is 16.6 Å². The first kappa shape index (κ1) is 21.8. The van der Waals surface area contributed by atoms with Crippen LogP contribution in [0.3, 0.4) is 0 Å². The third-order valence-corrected chi connectivity index (χ3v) is 3.30. The first-order valence-corrected chi connectivity index (χ1v) is 8.37. The molecule has 0 aliphatic carbocycles. The number of hydrogen-bond donors (Lipinski definition) is 2. The van der Waals surface area contributed by atoms with E-state index >= 15 is 0 Å². The van der Waals surface area contributed by atoms with Gasteiger partial charge in [-0.1, -0.05) is 46.2 Å². The Balaban J connectivity index is 0.00000163. The van der Waals surface area contributed by atoms with Crippen LogP contribution in [0.25, 0.3) is 0 Å². The zero-order valence-corrected chi connectivity index (χ0v) is 16.0. The van der Waals surface area contributed by atoms with Crippen LogP contribution in [0.15, 0.2) is 17.1 Å². The van der Waals surface area contributed by atoms with Crippen molar-refractivity contribution in [3.8, 4) is 0 Å². The third-order valence-electron chi connectivity index (χ3n) is 3.30. The van der Waals surface area contributed by atoms with Crippen LogP contribution < -0.4 is 11.1 Å². The molecule has 2 amide bonds. The maximum absolute atomic E-state index is 11.7. The first-order valence-electron chi connectivity index (χ1n) is 8.37. The van der Waals surface area contributed by atoms with Gasteiger partial charge in [-0.15, -0.1) is 0 Å². The normalized spacial score (nSPS) is 10.9. The number of amidine groups is 1. The Morgan fingerprint density at radius 1 is 1.21 bits per heavy atom. The largest absolute Gasteiger partial charge is 0.383 e. The first-order chi connectivity index (χ1) is 11.1. The topological polar surface area (TPSA) is 84.6 Å².